The van der Waals surface area contributed by atoms with E-state index in [1.165, 1.54) is 24.3 Å². The van der Waals surface area contributed by atoms with Crippen LogP contribution in [0.3, 0.4) is 0 Å². The van der Waals surface area contributed by atoms with Gasteiger partial charge in [-0.15, -0.1) is 0 Å². The Bertz CT molecular complexity index is 2260. The van der Waals surface area contributed by atoms with Crippen LogP contribution in [0.25, 0.3) is 11.0 Å². The van der Waals surface area contributed by atoms with Gasteiger partial charge in [-0.05, 0) is 35.4 Å². The zero-order chi connectivity index (χ0) is 35.0. The Labute approximate surface area is 273 Å². The quantitative estimate of drug-likeness (QED) is 0.123. The van der Waals surface area contributed by atoms with Gasteiger partial charge in [-0.2, -0.15) is 0 Å². The lowest BCUT2D eigenvalue weighted by atomic mass is 9.77. The van der Waals surface area contributed by atoms with Crippen LogP contribution in [0.2, 0.25) is 0 Å². The van der Waals surface area contributed by atoms with Crippen molar-refractivity contribution in [2.24, 2.45) is 0 Å². The van der Waals surface area contributed by atoms with Crippen LogP contribution in [0.15, 0.2) is 63.8 Å². The average Bonchev–Trinajstić information content (AvgIpc) is 3.04. The fourth-order valence-corrected chi connectivity index (χ4v) is 6.50. The molecule has 10 N–H and O–H groups in total. The molecule has 1 aromatic heterocycles. The second-order valence-corrected chi connectivity index (χ2v) is 11.7. The van der Waals surface area contributed by atoms with E-state index in [1.54, 1.807) is 0 Å². The van der Waals surface area contributed by atoms with Gasteiger partial charge in [0.25, 0.3) is 0 Å². The molecule has 2 aliphatic rings. The summed E-state index contributed by atoms with van der Waals surface area (Å²) in [7, 11) is 0. The summed E-state index contributed by atoms with van der Waals surface area (Å²) in [4.78, 5) is 24.9. The third-order valence-corrected chi connectivity index (χ3v) is 8.77. The van der Waals surface area contributed by atoms with Crippen molar-refractivity contribution < 1.29 is 69.8 Å². The Morgan fingerprint density at radius 3 is 1.88 bits per heavy atom. The van der Waals surface area contributed by atoms with Gasteiger partial charge in [-0.25, -0.2) is 4.79 Å². The topological polar surface area (TPSA) is 268 Å². The van der Waals surface area contributed by atoms with Crippen molar-refractivity contribution in [2.75, 3.05) is 0 Å². The zero-order valence-electron chi connectivity index (χ0n) is 24.8. The van der Waals surface area contributed by atoms with Gasteiger partial charge in [0.05, 0.1) is 12.0 Å². The normalized spacial score (nSPS) is 21.3. The Morgan fingerprint density at radius 1 is 0.673 bits per heavy atom. The number of ether oxygens (including phenoxy) is 2. The number of phenols is 7. The van der Waals surface area contributed by atoms with Crippen molar-refractivity contribution in [1.29, 1.82) is 0 Å². The van der Waals surface area contributed by atoms with Gasteiger partial charge in [0.15, 0.2) is 34.5 Å². The number of aromatic hydroxyl groups is 7. The second-order valence-electron chi connectivity index (χ2n) is 11.7. The Balaban J connectivity index is 1.45. The molecular formula is C34H26O15. The molecule has 5 atom stereocenters. The number of carbonyl (C=O) groups is 1. The number of hydrogen-bond donors (Lipinski definition) is 10. The molecule has 0 amide bonds. The summed E-state index contributed by atoms with van der Waals surface area (Å²) < 4.78 is 17.5. The van der Waals surface area contributed by atoms with Crippen LogP contribution >= 0.6 is 0 Å². The summed E-state index contributed by atoms with van der Waals surface area (Å²) in [6.07, 6.45) is -5.97. The lowest BCUT2D eigenvalue weighted by Crippen LogP contribution is -2.36. The van der Waals surface area contributed by atoms with Gasteiger partial charge in [0.1, 0.15) is 51.9 Å². The van der Waals surface area contributed by atoms with Crippen LogP contribution in [0.1, 0.15) is 56.5 Å². The molecule has 0 aliphatic carbocycles. The minimum Gasteiger partial charge on any atom is -0.507 e. The largest absolute Gasteiger partial charge is 0.507 e. The summed E-state index contributed by atoms with van der Waals surface area (Å²) >= 11 is 0. The number of benzene rings is 4. The lowest BCUT2D eigenvalue weighted by Gasteiger charge is -2.39. The zero-order valence-corrected chi connectivity index (χ0v) is 24.8. The van der Waals surface area contributed by atoms with E-state index in [0.717, 1.165) is 24.3 Å². The van der Waals surface area contributed by atoms with Crippen molar-refractivity contribution in [2.45, 2.75) is 36.8 Å². The fourth-order valence-electron chi connectivity index (χ4n) is 6.50. The van der Waals surface area contributed by atoms with E-state index in [-0.39, 0.29) is 45.7 Å². The lowest BCUT2D eigenvalue weighted by molar-refractivity contribution is 0.00680. The molecule has 4 aromatic carbocycles. The molecule has 0 unspecified atom stereocenters. The van der Waals surface area contributed by atoms with E-state index in [1.807, 2.05) is 0 Å². The van der Waals surface area contributed by atoms with Crippen LogP contribution in [-0.2, 0) is 6.42 Å². The summed E-state index contributed by atoms with van der Waals surface area (Å²) in [6.45, 7) is 0. The van der Waals surface area contributed by atoms with E-state index >= 15 is 0 Å². The molecule has 252 valence electrons. The van der Waals surface area contributed by atoms with Crippen LogP contribution in [0.4, 0.5) is 0 Å². The van der Waals surface area contributed by atoms with Crippen LogP contribution in [0.5, 0.6) is 51.7 Å². The van der Waals surface area contributed by atoms with Crippen molar-refractivity contribution in [3.05, 3.63) is 98.4 Å². The molecule has 0 saturated carbocycles. The van der Waals surface area contributed by atoms with Crippen molar-refractivity contribution in [3.63, 3.8) is 0 Å². The highest BCUT2D eigenvalue weighted by molar-refractivity contribution is 5.93. The molecular weight excluding hydrogens is 648 g/mol. The number of carboxylic acids is 1. The summed E-state index contributed by atoms with van der Waals surface area (Å²) in [5.41, 5.74) is -1.77. The molecule has 0 bridgehead atoms. The molecule has 15 heteroatoms. The molecule has 7 rings (SSSR count). The van der Waals surface area contributed by atoms with Crippen LogP contribution in [-0.4, -0.2) is 69.2 Å². The number of phenolic OH excluding ortho intramolecular Hbond substituents is 7. The maximum absolute atomic E-state index is 13.0. The van der Waals surface area contributed by atoms with E-state index in [0.29, 0.717) is 6.07 Å². The number of aliphatic hydroxyl groups excluding tert-OH is 2. The molecule has 2 aliphatic heterocycles. The van der Waals surface area contributed by atoms with Gasteiger partial charge in [0, 0.05) is 41.3 Å². The smallest absolute Gasteiger partial charge is 0.371 e. The molecule has 0 fully saturated rings. The maximum atomic E-state index is 13.0. The standard InChI is InChI=1S/C34H26O15/c35-14-3-1-11(5-16(14)37)31-21(42)7-13-22(47-31)8-20(41)26(29(13)43)28-27-23(48-32(30(28)44)12-2-4-15(36)17(38)6-12)9-18(39)25-19(40)10-24(34(45)46)49-33(25)27/h1-6,8-10,21,28,30-32,35-39,41-44H,7H2,(H,45,46)/t21-,28-,30-,31+,32-/m0/s1. The van der Waals surface area contributed by atoms with Crippen LogP contribution < -0.4 is 14.9 Å². The average molecular weight is 675 g/mol. The van der Waals surface area contributed by atoms with Gasteiger partial charge in [0.2, 0.25) is 5.76 Å². The fraction of sp³-hybridized carbons (Fsp3) is 0.176. The number of aliphatic hydroxyl groups is 2. The second kappa shape index (κ2) is 11.1. The van der Waals surface area contributed by atoms with Gasteiger partial charge in [-0.1, -0.05) is 12.1 Å². The van der Waals surface area contributed by atoms with Crippen molar-refractivity contribution in [3.8, 4) is 51.7 Å². The molecule has 15 nitrogen and oxygen atoms in total. The molecule has 49 heavy (non-hydrogen) atoms. The van der Waals surface area contributed by atoms with Crippen molar-refractivity contribution >= 4 is 16.9 Å². The predicted octanol–water partition coefficient (Wildman–Crippen LogP) is 3.09. The third kappa shape index (κ3) is 4.90. The van der Waals surface area contributed by atoms with E-state index in [4.69, 9.17) is 13.9 Å². The molecule has 3 heterocycles. The third-order valence-electron chi connectivity index (χ3n) is 8.77. The maximum Gasteiger partial charge on any atom is 0.371 e. The number of carboxylic acid groups (broad SMARTS) is 1. The molecule has 0 radical (unpaired) electrons. The first kappa shape index (κ1) is 31.3. The summed E-state index contributed by atoms with van der Waals surface area (Å²) in [6, 6.07) is 10.1. The van der Waals surface area contributed by atoms with Crippen molar-refractivity contribution in [1.82, 2.24) is 0 Å². The Kier molecular flexibility index (Phi) is 7.11. The summed E-state index contributed by atoms with van der Waals surface area (Å²) in [5, 5.41) is 106. The number of aromatic carboxylic acids is 1. The highest BCUT2D eigenvalue weighted by Gasteiger charge is 2.46. The van der Waals surface area contributed by atoms with Crippen LogP contribution in [0, 0.1) is 0 Å². The highest BCUT2D eigenvalue weighted by atomic mass is 16.5. The summed E-state index contributed by atoms with van der Waals surface area (Å²) in [5.74, 6) is -8.35. The molecule has 0 saturated heterocycles. The van der Waals surface area contributed by atoms with E-state index in [2.05, 4.69) is 0 Å². The predicted molar refractivity (Wildman–Crippen MR) is 165 cm³/mol. The SMILES string of the molecule is O=C(O)c1cc(=O)c2c(O)cc3c(c2o1)[C@H](c1c(O)cc2c(c1O)C[C@H](O)[C@@H](c1ccc(O)c(O)c1)O2)[C@H](O)[C@H](c1ccc(O)c(O)c1)O3. The van der Waals surface area contributed by atoms with Gasteiger partial charge in [-0.3, -0.25) is 4.79 Å². The number of rotatable bonds is 4. The first-order valence-corrected chi connectivity index (χ1v) is 14.6. The minimum absolute atomic E-state index is 0.0191. The first-order chi connectivity index (χ1) is 23.2. The first-order valence-electron chi connectivity index (χ1n) is 14.6. The monoisotopic (exact) mass is 674 g/mol. The minimum atomic E-state index is -1.81. The van der Waals surface area contributed by atoms with Gasteiger partial charge >= 0.3 is 5.97 Å². The molecule has 0 spiro atoms. The van der Waals surface area contributed by atoms with E-state index < -0.39 is 98.7 Å². The number of hydrogen-bond acceptors (Lipinski definition) is 14. The van der Waals surface area contributed by atoms with Gasteiger partial charge < -0.3 is 65.0 Å². The number of fused-ring (bicyclic) bond motifs is 4. The Morgan fingerprint density at radius 2 is 1.27 bits per heavy atom. The Hall–Kier alpha value is -6.32. The van der Waals surface area contributed by atoms with E-state index in [9.17, 15) is 60.7 Å². The molecule has 5 aromatic rings. The highest BCUT2D eigenvalue weighted by Crippen LogP contribution is 2.56.